The molecule has 3 heteroatoms. The Kier molecular flexibility index (Phi) is 3.88. The number of fused-ring (bicyclic) bond motifs is 1. The molecule has 0 amide bonds. The van der Waals surface area contributed by atoms with Gasteiger partial charge in [-0.1, -0.05) is 31.2 Å². The largest absolute Gasteiger partial charge is 0.313 e. The first-order valence-electron chi connectivity index (χ1n) is 7.57. The number of likely N-dealkylation sites (N-methyl/N-ethyl adjacent to an activating group) is 1. The molecule has 0 fully saturated rings. The predicted molar refractivity (Wildman–Crippen MR) is 81.9 cm³/mol. The molecule has 3 rings (SSSR count). The molecule has 0 spiro atoms. The summed E-state index contributed by atoms with van der Waals surface area (Å²) in [5.41, 5.74) is 4.25. The standard InChI is InChI=1S/C17H23N3/c1-3-18-17(12-14-10-11-20(2)19-14)16-9-8-13-6-4-5-7-15(13)16/h4-7,10-11,16-18H,3,8-9,12H2,1-2H3. The molecule has 1 aliphatic rings. The van der Waals surface area contributed by atoms with Crippen LogP contribution in [0.25, 0.3) is 0 Å². The Morgan fingerprint density at radius 1 is 1.35 bits per heavy atom. The van der Waals surface area contributed by atoms with Gasteiger partial charge in [-0.3, -0.25) is 4.68 Å². The van der Waals surface area contributed by atoms with E-state index in [-0.39, 0.29) is 0 Å². The van der Waals surface area contributed by atoms with E-state index in [1.807, 2.05) is 17.9 Å². The van der Waals surface area contributed by atoms with Crippen LogP contribution in [0.5, 0.6) is 0 Å². The van der Waals surface area contributed by atoms with Gasteiger partial charge in [-0.05, 0) is 36.6 Å². The van der Waals surface area contributed by atoms with Crippen LogP contribution in [0.3, 0.4) is 0 Å². The van der Waals surface area contributed by atoms with Crippen molar-refractivity contribution in [2.24, 2.45) is 7.05 Å². The van der Waals surface area contributed by atoms with E-state index in [2.05, 4.69) is 47.7 Å². The lowest BCUT2D eigenvalue weighted by Gasteiger charge is -2.24. The molecule has 0 saturated carbocycles. The Balaban J connectivity index is 1.81. The van der Waals surface area contributed by atoms with Crippen molar-refractivity contribution in [3.8, 4) is 0 Å². The number of benzene rings is 1. The zero-order valence-electron chi connectivity index (χ0n) is 12.3. The van der Waals surface area contributed by atoms with Gasteiger partial charge in [0.25, 0.3) is 0 Å². The molecule has 0 bridgehead atoms. The van der Waals surface area contributed by atoms with Crippen LogP contribution >= 0.6 is 0 Å². The smallest absolute Gasteiger partial charge is 0.0640 e. The molecular weight excluding hydrogens is 246 g/mol. The van der Waals surface area contributed by atoms with Crippen molar-refractivity contribution in [2.75, 3.05) is 6.54 Å². The van der Waals surface area contributed by atoms with Gasteiger partial charge in [0.1, 0.15) is 0 Å². The summed E-state index contributed by atoms with van der Waals surface area (Å²) < 4.78 is 1.89. The van der Waals surface area contributed by atoms with Crippen molar-refractivity contribution in [3.63, 3.8) is 0 Å². The third kappa shape index (κ3) is 2.63. The first kappa shape index (κ1) is 13.4. The molecule has 2 unspecified atom stereocenters. The second kappa shape index (κ2) is 5.80. The SMILES string of the molecule is CCNC(Cc1ccn(C)n1)C1CCc2ccccc21. The number of aryl methyl sites for hydroxylation is 2. The molecule has 1 aromatic heterocycles. The monoisotopic (exact) mass is 269 g/mol. The Labute approximate surface area is 121 Å². The first-order chi connectivity index (χ1) is 9.78. The van der Waals surface area contributed by atoms with E-state index < -0.39 is 0 Å². The van der Waals surface area contributed by atoms with Crippen LogP contribution in [0.4, 0.5) is 0 Å². The van der Waals surface area contributed by atoms with E-state index in [1.54, 1.807) is 0 Å². The quantitative estimate of drug-likeness (QED) is 0.904. The maximum Gasteiger partial charge on any atom is 0.0640 e. The highest BCUT2D eigenvalue weighted by atomic mass is 15.2. The number of hydrogen-bond donors (Lipinski definition) is 1. The lowest BCUT2D eigenvalue weighted by Crippen LogP contribution is -2.36. The number of aromatic nitrogens is 2. The number of rotatable bonds is 5. The van der Waals surface area contributed by atoms with Crippen molar-refractivity contribution < 1.29 is 0 Å². The van der Waals surface area contributed by atoms with Gasteiger partial charge < -0.3 is 5.32 Å². The Morgan fingerprint density at radius 3 is 2.95 bits per heavy atom. The molecule has 1 N–H and O–H groups in total. The highest BCUT2D eigenvalue weighted by molar-refractivity contribution is 5.36. The van der Waals surface area contributed by atoms with Crippen molar-refractivity contribution >= 4 is 0 Å². The molecule has 1 aromatic carbocycles. The molecule has 0 saturated heterocycles. The summed E-state index contributed by atoms with van der Waals surface area (Å²) in [6.45, 7) is 3.20. The van der Waals surface area contributed by atoms with E-state index in [0.29, 0.717) is 12.0 Å². The van der Waals surface area contributed by atoms with E-state index in [4.69, 9.17) is 0 Å². The van der Waals surface area contributed by atoms with Gasteiger partial charge in [0.15, 0.2) is 0 Å². The molecule has 0 aliphatic heterocycles. The van der Waals surface area contributed by atoms with Crippen LogP contribution in [0.2, 0.25) is 0 Å². The fourth-order valence-electron chi connectivity index (χ4n) is 3.42. The maximum atomic E-state index is 4.54. The summed E-state index contributed by atoms with van der Waals surface area (Å²) >= 11 is 0. The fraction of sp³-hybridized carbons (Fsp3) is 0.471. The van der Waals surface area contributed by atoms with Crippen LogP contribution in [0, 0.1) is 0 Å². The lowest BCUT2D eigenvalue weighted by atomic mass is 9.90. The zero-order chi connectivity index (χ0) is 13.9. The van der Waals surface area contributed by atoms with Gasteiger partial charge in [0, 0.05) is 31.6 Å². The molecular formula is C17H23N3. The number of nitrogens with zero attached hydrogens (tertiary/aromatic N) is 2. The highest BCUT2D eigenvalue weighted by Gasteiger charge is 2.29. The topological polar surface area (TPSA) is 29.9 Å². The Morgan fingerprint density at radius 2 is 2.20 bits per heavy atom. The normalized spacial score (nSPS) is 19.0. The lowest BCUT2D eigenvalue weighted by molar-refractivity contribution is 0.430. The minimum atomic E-state index is 0.485. The van der Waals surface area contributed by atoms with Gasteiger partial charge >= 0.3 is 0 Å². The van der Waals surface area contributed by atoms with Crippen LogP contribution in [0.15, 0.2) is 36.5 Å². The van der Waals surface area contributed by atoms with Crippen LogP contribution in [0.1, 0.15) is 36.1 Å². The Bertz CT molecular complexity index is 573. The molecule has 106 valence electrons. The van der Waals surface area contributed by atoms with Gasteiger partial charge in [-0.2, -0.15) is 5.10 Å². The van der Waals surface area contributed by atoms with Gasteiger partial charge in [0.2, 0.25) is 0 Å². The second-order valence-electron chi connectivity index (χ2n) is 5.69. The Hall–Kier alpha value is -1.61. The average molecular weight is 269 g/mol. The third-order valence-electron chi connectivity index (χ3n) is 4.33. The highest BCUT2D eigenvalue weighted by Crippen LogP contribution is 2.36. The molecule has 2 aromatic rings. The molecule has 2 atom stereocenters. The van der Waals surface area contributed by atoms with Gasteiger partial charge in [-0.25, -0.2) is 0 Å². The average Bonchev–Trinajstić information content (AvgIpc) is 3.04. The maximum absolute atomic E-state index is 4.54. The molecule has 3 nitrogen and oxygen atoms in total. The van der Waals surface area contributed by atoms with Crippen molar-refractivity contribution in [1.29, 1.82) is 0 Å². The third-order valence-corrected chi connectivity index (χ3v) is 4.33. The first-order valence-corrected chi connectivity index (χ1v) is 7.57. The predicted octanol–water partition coefficient (Wildman–Crippen LogP) is 2.67. The zero-order valence-corrected chi connectivity index (χ0v) is 12.3. The van der Waals surface area contributed by atoms with E-state index >= 15 is 0 Å². The second-order valence-corrected chi connectivity index (χ2v) is 5.69. The van der Waals surface area contributed by atoms with E-state index in [1.165, 1.54) is 29.7 Å². The van der Waals surface area contributed by atoms with Gasteiger partial charge in [0.05, 0.1) is 5.69 Å². The summed E-state index contributed by atoms with van der Waals surface area (Å²) in [5, 5.41) is 8.21. The number of nitrogens with one attached hydrogen (secondary N) is 1. The van der Waals surface area contributed by atoms with Crippen molar-refractivity contribution in [1.82, 2.24) is 15.1 Å². The van der Waals surface area contributed by atoms with Gasteiger partial charge in [-0.15, -0.1) is 0 Å². The summed E-state index contributed by atoms with van der Waals surface area (Å²) in [5.74, 6) is 0.619. The molecule has 20 heavy (non-hydrogen) atoms. The fourth-order valence-corrected chi connectivity index (χ4v) is 3.42. The van der Waals surface area contributed by atoms with E-state index in [9.17, 15) is 0 Å². The van der Waals surface area contributed by atoms with Crippen LogP contribution < -0.4 is 5.32 Å². The molecule has 1 aliphatic carbocycles. The summed E-state index contributed by atoms with van der Waals surface area (Å²) in [4.78, 5) is 0. The van der Waals surface area contributed by atoms with Crippen molar-refractivity contribution in [3.05, 3.63) is 53.3 Å². The summed E-state index contributed by atoms with van der Waals surface area (Å²) in [6.07, 6.45) is 5.50. The van der Waals surface area contributed by atoms with Crippen molar-refractivity contribution in [2.45, 2.75) is 38.1 Å². The van der Waals surface area contributed by atoms with Crippen LogP contribution in [-0.4, -0.2) is 22.4 Å². The minimum absolute atomic E-state index is 0.485. The summed E-state index contributed by atoms with van der Waals surface area (Å²) in [6, 6.07) is 11.5. The minimum Gasteiger partial charge on any atom is -0.313 e. The molecule has 0 radical (unpaired) electrons. The summed E-state index contributed by atoms with van der Waals surface area (Å²) in [7, 11) is 1.98. The number of hydrogen-bond acceptors (Lipinski definition) is 2. The van der Waals surface area contributed by atoms with E-state index in [0.717, 1.165) is 13.0 Å². The molecule has 1 heterocycles. The van der Waals surface area contributed by atoms with Crippen LogP contribution in [-0.2, 0) is 19.9 Å².